The molecule has 1 saturated heterocycles. The van der Waals surface area contributed by atoms with Crippen molar-refractivity contribution < 1.29 is 8.42 Å². The number of aromatic nitrogens is 4. The average molecular weight is 373 g/mol. The van der Waals surface area contributed by atoms with Gasteiger partial charge in [0.2, 0.25) is 10.0 Å². The van der Waals surface area contributed by atoms with Crippen molar-refractivity contribution in [3.8, 4) is 0 Å². The van der Waals surface area contributed by atoms with Crippen molar-refractivity contribution in [3.63, 3.8) is 0 Å². The number of pyridine rings is 1. The molecule has 0 radical (unpaired) electrons. The number of fused-ring (bicyclic) bond motifs is 3. The lowest BCUT2D eigenvalue weighted by Crippen LogP contribution is -2.41. The van der Waals surface area contributed by atoms with Crippen molar-refractivity contribution in [2.75, 3.05) is 18.8 Å². The van der Waals surface area contributed by atoms with E-state index in [-0.39, 0.29) is 17.6 Å². The number of sulfonamides is 1. The highest BCUT2D eigenvalue weighted by atomic mass is 32.2. The third-order valence-corrected chi connectivity index (χ3v) is 7.14. The van der Waals surface area contributed by atoms with Gasteiger partial charge in [0.15, 0.2) is 5.65 Å². The molecule has 7 nitrogen and oxygen atoms in total. The Labute approximate surface area is 152 Å². The Morgan fingerprint density at radius 3 is 2.96 bits per heavy atom. The van der Waals surface area contributed by atoms with Crippen molar-refractivity contribution >= 4 is 32.0 Å². The molecule has 0 saturated carbocycles. The number of hydrogen-bond acceptors (Lipinski definition) is 5. The first-order valence-electron chi connectivity index (χ1n) is 9.00. The first kappa shape index (κ1) is 17.4. The molecule has 1 atom stereocenters. The lowest BCUT2D eigenvalue weighted by molar-refractivity contribution is 0.312. The Morgan fingerprint density at radius 1 is 1.31 bits per heavy atom. The SMILES string of the molecule is CC(C)CS(=O)(=O)N1CCCC(c2[nH]cnc3cnc4nccc4c23)C1. The van der Waals surface area contributed by atoms with E-state index in [9.17, 15) is 8.42 Å². The molecule has 0 spiro atoms. The molecule has 0 amide bonds. The van der Waals surface area contributed by atoms with Crippen molar-refractivity contribution in [2.45, 2.75) is 32.6 Å². The second-order valence-electron chi connectivity index (χ2n) is 7.39. The number of piperidine rings is 1. The Hall–Kier alpha value is -2.06. The Bertz CT molecular complexity index is 1040. The number of nitrogens with zero attached hydrogens (tertiary/aromatic N) is 4. The summed E-state index contributed by atoms with van der Waals surface area (Å²) in [6.07, 6.45) is 6.95. The summed E-state index contributed by atoms with van der Waals surface area (Å²) in [6.45, 7) is 4.98. The van der Waals surface area contributed by atoms with Gasteiger partial charge in [-0.2, -0.15) is 0 Å². The van der Waals surface area contributed by atoms with Gasteiger partial charge in [-0.3, -0.25) is 0 Å². The van der Waals surface area contributed by atoms with E-state index < -0.39 is 10.0 Å². The predicted molar refractivity (Wildman–Crippen MR) is 101 cm³/mol. The second kappa shape index (κ2) is 6.59. The molecule has 0 aliphatic carbocycles. The molecule has 3 aromatic heterocycles. The van der Waals surface area contributed by atoms with Crippen LogP contribution in [0.4, 0.5) is 0 Å². The number of nitrogens with one attached hydrogen (secondary N) is 1. The van der Waals surface area contributed by atoms with Gasteiger partial charge in [-0.05, 0) is 24.8 Å². The van der Waals surface area contributed by atoms with Crippen LogP contribution in [0.15, 0.2) is 24.8 Å². The minimum Gasteiger partial charge on any atom is -0.349 e. The highest BCUT2D eigenvalue weighted by Crippen LogP contribution is 2.34. The summed E-state index contributed by atoms with van der Waals surface area (Å²) in [6, 6.07) is 1.94. The van der Waals surface area contributed by atoms with Crippen LogP contribution in [0.2, 0.25) is 0 Å². The lowest BCUT2D eigenvalue weighted by Gasteiger charge is -2.32. The summed E-state index contributed by atoms with van der Waals surface area (Å²) >= 11 is 0. The van der Waals surface area contributed by atoms with E-state index in [4.69, 9.17) is 0 Å². The molecule has 26 heavy (non-hydrogen) atoms. The quantitative estimate of drug-likeness (QED) is 0.759. The lowest BCUT2D eigenvalue weighted by atomic mass is 9.93. The maximum Gasteiger partial charge on any atom is 0.214 e. The summed E-state index contributed by atoms with van der Waals surface area (Å²) < 4.78 is 27.0. The normalized spacial score (nSPS) is 19.6. The van der Waals surface area contributed by atoms with Crippen LogP contribution in [0.3, 0.4) is 0 Å². The number of aromatic amines is 1. The molecule has 0 bridgehead atoms. The first-order chi connectivity index (χ1) is 12.5. The minimum absolute atomic E-state index is 0.108. The molecular formula is C18H23N5O2S. The fourth-order valence-corrected chi connectivity index (χ4v) is 5.72. The van der Waals surface area contributed by atoms with Gasteiger partial charge >= 0.3 is 0 Å². The van der Waals surface area contributed by atoms with Crippen molar-refractivity contribution in [2.24, 2.45) is 5.92 Å². The second-order valence-corrected chi connectivity index (χ2v) is 9.40. The topological polar surface area (TPSA) is 91.8 Å². The van der Waals surface area contributed by atoms with Crippen LogP contribution in [-0.2, 0) is 10.0 Å². The molecule has 8 heteroatoms. The molecule has 1 aliphatic rings. The smallest absolute Gasteiger partial charge is 0.214 e. The standard InChI is InChI=1S/C18H23N5O2S/c1-12(2)10-26(24,25)23-7-3-4-13(9-23)17-16-14-5-6-19-18(14)20-8-15(16)21-11-22-17/h5-6,8,11-13H,3-4,7,9-10H2,1-2H3,(H,21,22). The van der Waals surface area contributed by atoms with Gasteiger partial charge in [0, 0.05) is 41.7 Å². The Kier molecular flexibility index (Phi) is 4.40. The molecule has 1 aliphatic heterocycles. The largest absolute Gasteiger partial charge is 0.349 e. The van der Waals surface area contributed by atoms with E-state index >= 15 is 0 Å². The molecule has 3 aromatic rings. The highest BCUT2D eigenvalue weighted by Gasteiger charge is 2.31. The Morgan fingerprint density at radius 2 is 2.15 bits per heavy atom. The van der Waals surface area contributed by atoms with Gasteiger partial charge in [0.25, 0.3) is 0 Å². The van der Waals surface area contributed by atoms with Crippen molar-refractivity contribution in [1.29, 1.82) is 0 Å². The summed E-state index contributed by atoms with van der Waals surface area (Å²) in [7, 11) is -3.23. The van der Waals surface area contributed by atoms with Gasteiger partial charge in [-0.25, -0.2) is 27.7 Å². The van der Waals surface area contributed by atoms with Crippen LogP contribution >= 0.6 is 0 Å². The van der Waals surface area contributed by atoms with Crippen LogP contribution in [0.5, 0.6) is 0 Å². The van der Waals surface area contributed by atoms with Crippen LogP contribution in [0.1, 0.15) is 38.3 Å². The highest BCUT2D eigenvalue weighted by molar-refractivity contribution is 7.89. The fourth-order valence-electron chi connectivity index (χ4n) is 3.85. The molecule has 1 fully saturated rings. The average Bonchev–Trinajstić information content (AvgIpc) is 3.09. The van der Waals surface area contributed by atoms with E-state index in [0.29, 0.717) is 18.7 Å². The summed E-state index contributed by atoms with van der Waals surface area (Å²) in [4.78, 5) is 16.3. The molecule has 0 aromatic carbocycles. The number of rotatable bonds is 4. The van der Waals surface area contributed by atoms with E-state index in [1.54, 1.807) is 23.0 Å². The molecule has 4 rings (SSSR count). The van der Waals surface area contributed by atoms with Crippen LogP contribution in [0, 0.1) is 5.92 Å². The van der Waals surface area contributed by atoms with Gasteiger partial charge in [-0.15, -0.1) is 0 Å². The minimum atomic E-state index is -3.23. The van der Waals surface area contributed by atoms with Crippen molar-refractivity contribution in [1.82, 2.24) is 24.2 Å². The molecule has 1 N–H and O–H groups in total. The maximum absolute atomic E-state index is 12.7. The zero-order chi connectivity index (χ0) is 18.3. The third-order valence-electron chi connectivity index (χ3n) is 4.94. The molecule has 1 unspecified atom stereocenters. The summed E-state index contributed by atoms with van der Waals surface area (Å²) in [5.74, 6) is 0.424. The van der Waals surface area contributed by atoms with Gasteiger partial charge in [0.1, 0.15) is 0 Å². The van der Waals surface area contributed by atoms with E-state index in [1.165, 1.54) is 0 Å². The van der Waals surface area contributed by atoms with Gasteiger partial charge in [0.05, 0.1) is 23.8 Å². The van der Waals surface area contributed by atoms with Gasteiger partial charge < -0.3 is 4.98 Å². The van der Waals surface area contributed by atoms with Crippen LogP contribution in [-0.4, -0.2) is 51.5 Å². The molecular weight excluding hydrogens is 350 g/mol. The van der Waals surface area contributed by atoms with E-state index in [1.807, 2.05) is 19.9 Å². The number of hydrogen-bond donors (Lipinski definition) is 1. The molecule has 4 heterocycles. The zero-order valence-electron chi connectivity index (χ0n) is 15.0. The van der Waals surface area contributed by atoms with Crippen molar-refractivity contribution in [3.05, 3.63) is 30.5 Å². The molecule has 138 valence electrons. The predicted octanol–water partition coefficient (Wildman–Crippen LogP) is 2.67. The van der Waals surface area contributed by atoms with Crippen LogP contribution < -0.4 is 0 Å². The van der Waals surface area contributed by atoms with Crippen LogP contribution in [0.25, 0.3) is 21.9 Å². The number of H-pyrrole nitrogens is 1. The Balaban J connectivity index is 1.75. The maximum atomic E-state index is 12.7. The fraction of sp³-hybridized carbons (Fsp3) is 0.500. The van der Waals surface area contributed by atoms with E-state index in [0.717, 1.165) is 34.8 Å². The first-order valence-corrected chi connectivity index (χ1v) is 10.6. The van der Waals surface area contributed by atoms with Gasteiger partial charge in [-0.1, -0.05) is 13.8 Å². The third kappa shape index (κ3) is 3.07. The van der Waals surface area contributed by atoms with E-state index in [2.05, 4.69) is 19.9 Å². The zero-order valence-corrected chi connectivity index (χ0v) is 15.8. The summed E-state index contributed by atoms with van der Waals surface area (Å²) in [5, 5.41) is 1.96. The summed E-state index contributed by atoms with van der Waals surface area (Å²) in [5.41, 5.74) is 2.53. The monoisotopic (exact) mass is 373 g/mol.